The lowest BCUT2D eigenvalue weighted by Crippen LogP contribution is -2.49. The molecule has 0 unspecified atom stereocenters. The molecule has 2 aromatic rings. The third-order valence-electron chi connectivity index (χ3n) is 5.62. The van der Waals surface area contributed by atoms with E-state index in [0.717, 1.165) is 5.69 Å². The summed E-state index contributed by atoms with van der Waals surface area (Å²) >= 11 is 0. The van der Waals surface area contributed by atoms with E-state index in [2.05, 4.69) is 5.32 Å². The van der Waals surface area contributed by atoms with E-state index in [1.54, 1.807) is 48.8 Å². The Morgan fingerprint density at radius 3 is 2.36 bits per heavy atom. The Balaban J connectivity index is 1.49. The molecular weight excluding hydrogens is 430 g/mol. The van der Waals surface area contributed by atoms with Gasteiger partial charge in [0, 0.05) is 31.9 Å². The van der Waals surface area contributed by atoms with Crippen LogP contribution >= 0.6 is 0 Å². The average Bonchev–Trinajstić information content (AvgIpc) is 3.20. The van der Waals surface area contributed by atoms with Gasteiger partial charge >= 0.3 is 12.1 Å². The smallest absolute Gasteiger partial charge is 0.407 e. The Kier molecular flexibility index (Phi) is 6.14. The first kappa shape index (κ1) is 22.8. The Hall–Kier alpha value is -3.36. The quantitative estimate of drug-likeness (QED) is 0.712. The van der Waals surface area contributed by atoms with Gasteiger partial charge in [-0.1, -0.05) is 0 Å². The van der Waals surface area contributed by atoms with Crippen molar-refractivity contribution in [3.63, 3.8) is 0 Å². The predicted molar refractivity (Wildman–Crippen MR) is 122 cm³/mol. The topological polar surface area (TPSA) is 65.1 Å². The fraction of sp³-hybridized carbons (Fsp3) is 0.417. The minimum Gasteiger partial charge on any atom is -0.444 e. The number of amides is 3. The summed E-state index contributed by atoms with van der Waals surface area (Å²) < 4.78 is 32.8. The van der Waals surface area contributed by atoms with Gasteiger partial charge in [0.1, 0.15) is 17.2 Å². The lowest BCUT2D eigenvalue weighted by molar-refractivity contribution is 0.0506. The number of anilines is 3. The number of ether oxygens (including phenoxy) is 1. The molecule has 9 heteroatoms. The van der Waals surface area contributed by atoms with Crippen LogP contribution in [0.25, 0.3) is 0 Å². The molecule has 2 aromatic carbocycles. The van der Waals surface area contributed by atoms with Crippen molar-refractivity contribution >= 4 is 29.2 Å². The van der Waals surface area contributed by atoms with Gasteiger partial charge in [-0.3, -0.25) is 4.90 Å². The number of likely N-dealkylation sites (tertiary alicyclic amines) is 1. The second-order valence-electron chi connectivity index (χ2n) is 9.27. The zero-order valence-corrected chi connectivity index (χ0v) is 19.0. The first-order valence-electron chi connectivity index (χ1n) is 11.0. The van der Waals surface area contributed by atoms with Crippen molar-refractivity contribution in [3.8, 4) is 0 Å². The monoisotopic (exact) mass is 458 g/mol. The molecule has 0 radical (unpaired) electrons. The molecule has 0 aliphatic carbocycles. The molecule has 0 spiro atoms. The molecule has 1 saturated heterocycles. The lowest BCUT2D eigenvalue weighted by atomic mass is 10.1. The molecular formula is C24H28F2N4O3. The number of fused-ring (bicyclic) bond motifs is 1. The molecule has 2 aliphatic rings. The van der Waals surface area contributed by atoms with Crippen LogP contribution < -0.4 is 15.1 Å². The molecule has 2 heterocycles. The number of benzene rings is 2. The van der Waals surface area contributed by atoms with Crippen molar-refractivity contribution in [2.75, 3.05) is 36.0 Å². The predicted octanol–water partition coefficient (Wildman–Crippen LogP) is 4.64. The summed E-state index contributed by atoms with van der Waals surface area (Å²) in [6.45, 7) is 7.06. The highest BCUT2D eigenvalue weighted by molar-refractivity contribution is 5.98. The van der Waals surface area contributed by atoms with Gasteiger partial charge in [0.05, 0.1) is 17.4 Å². The van der Waals surface area contributed by atoms with Crippen molar-refractivity contribution < 1.29 is 23.1 Å². The van der Waals surface area contributed by atoms with Gasteiger partial charge in [-0.25, -0.2) is 18.4 Å². The van der Waals surface area contributed by atoms with Crippen LogP contribution in [0.15, 0.2) is 42.5 Å². The second-order valence-corrected chi connectivity index (χ2v) is 9.27. The minimum atomic E-state index is -0.596. The number of rotatable bonds is 2. The molecule has 1 fully saturated rings. The first-order valence-corrected chi connectivity index (χ1v) is 11.0. The third-order valence-corrected chi connectivity index (χ3v) is 5.62. The van der Waals surface area contributed by atoms with Gasteiger partial charge in [-0.2, -0.15) is 0 Å². The Morgan fingerprint density at radius 2 is 1.67 bits per heavy atom. The molecule has 176 valence electrons. The molecule has 3 amide bonds. The van der Waals surface area contributed by atoms with Crippen molar-refractivity contribution in [1.29, 1.82) is 0 Å². The zero-order chi connectivity index (χ0) is 23.8. The fourth-order valence-corrected chi connectivity index (χ4v) is 4.17. The van der Waals surface area contributed by atoms with Crippen LogP contribution in [0, 0.1) is 11.6 Å². The summed E-state index contributed by atoms with van der Waals surface area (Å²) in [7, 11) is 0. The van der Waals surface area contributed by atoms with Crippen molar-refractivity contribution in [1.82, 2.24) is 10.2 Å². The lowest BCUT2D eigenvalue weighted by Gasteiger charge is -2.39. The van der Waals surface area contributed by atoms with Crippen LogP contribution in [0.2, 0.25) is 0 Å². The molecule has 4 rings (SSSR count). The van der Waals surface area contributed by atoms with E-state index in [0.29, 0.717) is 44.0 Å². The van der Waals surface area contributed by atoms with Crippen molar-refractivity contribution in [3.05, 3.63) is 54.1 Å². The molecule has 33 heavy (non-hydrogen) atoms. The minimum absolute atomic E-state index is 0.197. The van der Waals surface area contributed by atoms with Gasteiger partial charge < -0.3 is 19.9 Å². The average molecular weight is 459 g/mol. The van der Waals surface area contributed by atoms with Crippen LogP contribution in [0.1, 0.15) is 27.2 Å². The SMILES string of the molecule is CC(C)(C)OC(=O)N[C@H]1CCN(C(=O)N2CCN(c3ccc(F)cc3)c3cc(F)ccc32)C1. The van der Waals surface area contributed by atoms with E-state index in [-0.39, 0.29) is 17.9 Å². The molecule has 7 nitrogen and oxygen atoms in total. The summed E-state index contributed by atoms with van der Waals surface area (Å²) in [6, 6.07) is 9.88. The highest BCUT2D eigenvalue weighted by atomic mass is 19.1. The maximum atomic E-state index is 14.1. The number of hydrogen-bond acceptors (Lipinski definition) is 4. The third kappa shape index (κ3) is 5.18. The van der Waals surface area contributed by atoms with Crippen LogP contribution in [-0.4, -0.2) is 54.8 Å². The maximum absolute atomic E-state index is 14.1. The summed E-state index contributed by atoms with van der Waals surface area (Å²) in [4.78, 5) is 30.6. The van der Waals surface area contributed by atoms with Crippen LogP contribution in [0.3, 0.4) is 0 Å². The number of carbonyl (C=O) groups is 2. The van der Waals surface area contributed by atoms with E-state index in [9.17, 15) is 18.4 Å². The summed E-state index contributed by atoms with van der Waals surface area (Å²) in [6.07, 6.45) is 0.118. The normalized spacial score (nSPS) is 18.2. The Labute approximate surface area is 191 Å². The van der Waals surface area contributed by atoms with Gasteiger partial charge in [-0.05, 0) is 69.7 Å². The zero-order valence-electron chi connectivity index (χ0n) is 19.0. The van der Waals surface area contributed by atoms with Crippen molar-refractivity contribution in [2.24, 2.45) is 0 Å². The molecule has 1 atom stereocenters. The summed E-state index contributed by atoms with van der Waals surface area (Å²) in [5.74, 6) is -0.770. The molecule has 0 saturated carbocycles. The van der Waals surface area contributed by atoms with Gasteiger partial charge in [0.2, 0.25) is 0 Å². The maximum Gasteiger partial charge on any atom is 0.407 e. The Morgan fingerprint density at radius 1 is 0.970 bits per heavy atom. The first-order chi connectivity index (χ1) is 15.6. The van der Waals surface area contributed by atoms with Gasteiger partial charge in [-0.15, -0.1) is 0 Å². The number of nitrogens with zero attached hydrogens (tertiary/aromatic N) is 3. The summed E-state index contributed by atoms with van der Waals surface area (Å²) in [5, 5.41) is 2.82. The highest BCUT2D eigenvalue weighted by Crippen LogP contribution is 2.39. The fourth-order valence-electron chi connectivity index (χ4n) is 4.17. The largest absolute Gasteiger partial charge is 0.444 e. The number of hydrogen-bond donors (Lipinski definition) is 1. The second kappa shape index (κ2) is 8.88. The van der Waals surface area contributed by atoms with E-state index >= 15 is 0 Å². The number of urea groups is 1. The number of nitrogens with one attached hydrogen (secondary N) is 1. The van der Waals surface area contributed by atoms with E-state index < -0.39 is 17.5 Å². The van der Waals surface area contributed by atoms with E-state index in [4.69, 9.17) is 4.74 Å². The number of carbonyl (C=O) groups excluding carboxylic acids is 2. The van der Waals surface area contributed by atoms with Gasteiger partial charge in [0.15, 0.2) is 0 Å². The highest BCUT2D eigenvalue weighted by Gasteiger charge is 2.35. The van der Waals surface area contributed by atoms with Crippen LogP contribution in [0.5, 0.6) is 0 Å². The van der Waals surface area contributed by atoms with Gasteiger partial charge in [0.25, 0.3) is 0 Å². The summed E-state index contributed by atoms with van der Waals surface area (Å²) in [5.41, 5.74) is 1.25. The standard InChI is InChI=1S/C24H28F2N4O3/c1-24(2,3)33-22(31)27-18-10-11-28(15-18)23(32)30-13-12-29(19-7-4-16(25)5-8-19)21-14-17(26)6-9-20(21)30/h4-9,14,18H,10-13,15H2,1-3H3,(H,27,31)/t18-/m0/s1. The molecule has 1 N–H and O–H groups in total. The van der Waals surface area contributed by atoms with Crippen LogP contribution in [-0.2, 0) is 4.74 Å². The Bertz CT molecular complexity index is 1040. The van der Waals surface area contributed by atoms with Crippen molar-refractivity contribution in [2.45, 2.75) is 38.8 Å². The van der Waals surface area contributed by atoms with Crippen LogP contribution in [0.4, 0.5) is 35.4 Å². The number of alkyl carbamates (subject to hydrolysis) is 1. The van der Waals surface area contributed by atoms with E-state index in [1.807, 2.05) is 4.90 Å². The molecule has 0 aromatic heterocycles. The number of halogens is 2. The molecule has 0 bridgehead atoms. The van der Waals surface area contributed by atoms with E-state index in [1.165, 1.54) is 24.3 Å². The molecule has 2 aliphatic heterocycles.